The lowest BCUT2D eigenvalue weighted by atomic mass is 10.1. The van der Waals surface area contributed by atoms with Gasteiger partial charge >= 0.3 is 0 Å². The molecule has 2 amide bonds. The molecule has 1 atom stereocenters. The molecule has 2 rings (SSSR count). The third kappa shape index (κ3) is 5.95. The smallest absolute Gasteiger partial charge is 0.257 e. The first-order valence-electron chi connectivity index (χ1n) is 8.54. The molecule has 5 heteroatoms. The lowest BCUT2D eigenvalue weighted by molar-refractivity contribution is -0.128. The van der Waals surface area contributed by atoms with Crippen LogP contribution >= 0.6 is 0 Å². The highest BCUT2D eigenvalue weighted by Crippen LogP contribution is 2.14. The fraction of sp³-hybridized carbons (Fsp3) is 0.300. The number of amides is 2. The summed E-state index contributed by atoms with van der Waals surface area (Å²) in [5.74, 6) is -0.453. The predicted octanol–water partition coefficient (Wildman–Crippen LogP) is 2.89. The monoisotopic (exact) mass is 339 g/mol. The number of anilines is 1. The van der Waals surface area contributed by atoms with E-state index in [0.717, 1.165) is 17.7 Å². The van der Waals surface area contributed by atoms with Crippen molar-refractivity contribution in [2.24, 2.45) is 5.92 Å². The van der Waals surface area contributed by atoms with Crippen LogP contribution in [-0.2, 0) is 16.1 Å². The summed E-state index contributed by atoms with van der Waals surface area (Å²) in [6.45, 7) is 4.29. The number of nitrogens with zero attached hydrogens (tertiary/aromatic N) is 1. The van der Waals surface area contributed by atoms with Crippen molar-refractivity contribution >= 4 is 17.5 Å². The van der Waals surface area contributed by atoms with E-state index in [-0.39, 0.29) is 24.3 Å². The van der Waals surface area contributed by atoms with Crippen LogP contribution in [0, 0.1) is 5.92 Å². The molecule has 0 heterocycles. The molecule has 5 nitrogen and oxygen atoms in total. The normalized spacial score (nSPS) is 11.4. The van der Waals surface area contributed by atoms with Crippen LogP contribution in [-0.4, -0.2) is 18.4 Å². The number of hydrazine groups is 1. The van der Waals surface area contributed by atoms with Crippen LogP contribution in [0.25, 0.3) is 0 Å². The molecule has 0 fully saturated rings. The maximum absolute atomic E-state index is 12.3. The molecule has 2 aromatic rings. The van der Waals surface area contributed by atoms with Gasteiger partial charge < -0.3 is 5.32 Å². The van der Waals surface area contributed by atoms with Crippen LogP contribution < -0.4 is 15.8 Å². The summed E-state index contributed by atoms with van der Waals surface area (Å²) in [7, 11) is 0. The lowest BCUT2D eigenvalue weighted by Crippen LogP contribution is -2.47. The van der Waals surface area contributed by atoms with E-state index in [1.165, 1.54) is 0 Å². The van der Waals surface area contributed by atoms with Crippen molar-refractivity contribution in [3.8, 4) is 0 Å². The van der Waals surface area contributed by atoms with Crippen molar-refractivity contribution in [2.75, 3.05) is 11.6 Å². The fourth-order valence-electron chi connectivity index (χ4n) is 2.29. The highest BCUT2D eigenvalue weighted by atomic mass is 16.2. The fourth-order valence-corrected chi connectivity index (χ4v) is 2.29. The third-order valence-corrected chi connectivity index (χ3v) is 3.99. The molecule has 132 valence electrons. The Hall–Kier alpha value is -2.82. The van der Waals surface area contributed by atoms with Crippen molar-refractivity contribution in [1.29, 1.82) is 0 Å². The molecule has 2 N–H and O–H groups in total. The Kier molecular flexibility index (Phi) is 7.01. The van der Waals surface area contributed by atoms with Crippen LogP contribution in [0.3, 0.4) is 0 Å². The second-order valence-electron chi connectivity index (χ2n) is 5.97. The zero-order valence-electron chi connectivity index (χ0n) is 14.7. The summed E-state index contributed by atoms with van der Waals surface area (Å²) < 4.78 is 0. The Labute approximate surface area is 149 Å². The first-order chi connectivity index (χ1) is 12.1. The van der Waals surface area contributed by atoms with E-state index in [9.17, 15) is 9.59 Å². The van der Waals surface area contributed by atoms with Crippen LogP contribution in [0.4, 0.5) is 5.69 Å². The molecular formula is C20H25N3O2. The minimum absolute atomic E-state index is 0.0404. The van der Waals surface area contributed by atoms with E-state index in [0.29, 0.717) is 6.54 Å². The van der Waals surface area contributed by atoms with Gasteiger partial charge in [0.25, 0.3) is 5.91 Å². The highest BCUT2D eigenvalue weighted by molar-refractivity contribution is 5.86. The zero-order valence-corrected chi connectivity index (χ0v) is 14.7. The van der Waals surface area contributed by atoms with E-state index in [1.807, 2.05) is 74.5 Å². The van der Waals surface area contributed by atoms with Crippen LogP contribution in [0.2, 0.25) is 0 Å². The first kappa shape index (κ1) is 18.5. The maximum atomic E-state index is 12.3. The number of carbonyl (C=O) groups excluding carboxylic acids is 2. The number of hydrogen-bond acceptors (Lipinski definition) is 3. The molecule has 2 aromatic carbocycles. The standard InChI is InChI=1S/C20H25N3O2/c1-3-16(2)20(25)21-14-19(24)22-23(18-12-8-5-9-13-18)15-17-10-6-4-7-11-17/h4-13,16H,3,14-15H2,1-2H3,(H,21,25)(H,22,24). The van der Waals surface area contributed by atoms with Gasteiger partial charge in [-0.3, -0.25) is 20.0 Å². The van der Waals surface area contributed by atoms with Crippen molar-refractivity contribution in [3.05, 3.63) is 66.2 Å². The van der Waals surface area contributed by atoms with Gasteiger partial charge in [0.05, 0.1) is 18.8 Å². The summed E-state index contributed by atoms with van der Waals surface area (Å²) in [6, 6.07) is 19.5. The van der Waals surface area contributed by atoms with Gasteiger partial charge in [-0.05, 0) is 24.1 Å². The van der Waals surface area contributed by atoms with Crippen molar-refractivity contribution in [2.45, 2.75) is 26.8 Å². The number of benzene rings is 2. The molecule has 25 heavy (non-hydrogen) atoms. The molecule has 0 saturated carbocycles. The second-order valence-corrected chi connectivity index (χ2v) is 5.97. The quantitative estimate of drug-likeness (QED) is 0.727. The Morgan fingerprint density at radius 1 is 1.00 bits per heavy atom. The first-order valence-corrected chi connectivity index (χ1v) is 8.54. The minimum Gasteiger partial charge on any atom is -0.347 e. The maximum Gasteiger partial charge on any atom is 0.257 e. The Morgan fingerprint density at radius 2 is 1.60 bits per heavy atom. The van der Waals surface area contributed by atoms with Crippen LogP contribution in [0.1, 0.15) is 25.8 Å². The lowest BCUT2D eigenvalue weighted by Gasteiger charge is -2.25. The van der Waals surface area contributed by atoms with Crippen LogP contribution in [0.5, 0.6) is 0 Å². The molecule has 0 aliphatic carbocycles. The van der Waals surface area contributed by atoms with Gasteiger partial charge in [-0.1, -0.05) is 62.4 Å². The van der Waals surface area contributed by atoms with E-state index in [1.54, 1.807) is 5.01 Å². The molecule has 0 bridgehead atoms. The largest absolute Gasteiger partial charge is 0.347 e. The number of hydrogen-bond donors (Lipinski definition) is 2. The predicted molar refractivity (Wildman–Crippen MR) is 99.7 cm³/mol. The second kappa shape index (κ2) is 9.47. The molecular weight excluding hydrogens is 314 g/mol. The average Bonchev–Trinajstić information content (AvgIpc) is 2.66. The number of carbonyl (C=O) groups is 2. The topological polar surface area (TPSA) is 61.4 Å². The Morgan fingerprint density at radius 3 is 2.20 bits per heavy atom. The van der Waals surface area contributed by atoms with Gasteiger partial charge in [0.1, 0.15) is 0 Å². The molecule has 0 aliphatic heterocycles. The van der Waals surface area contributed by atoms with Gasteiger partial charge in [-0.15, -0.1) is 0 Å². The van der Waals surface area contributed by atoms with Gasteiger partial charge in [-0.25, -0.2) is 0 Å². The summed E-state index contributed by atoms with van der Waals surface area (Å²) >= 11 is 0. The molecule has 0 saturated heterocycles. The molecule has 0 spiro atoms. The van der Waals surface area contributed by atoms with E-state index >= 15 is 0 Å². The van der Waals surface area contributed by atoms with Crippen molar-refractivity contribution in [1.82, 2.24) is 10.7 Å². The Balaban J connectivity index is 2.01. The molecule has 0 radical (unpaired) electrons. The van der Waals surface area contributed by atoms with Gasteiger partial charge in [-0.2, -0.15) is 0 Å². The molecule has 1 unspecified atom stereocenters. The number of para-hydroxylation sites is 1. The van der Waals surface area contributed by atoms with Gasteiger partial charge in [0.15, 0.2) is 0 Å². The SMILES string of the molecule is CCC(C)C(=O)NCC(=O)NN(Cc1ccccc1)c1ccccc1. The van der Waals surface area contributed by atoms with Crippen LogP contribution in [0.15, 0.2) is 60.7 Å². The minimum atomic E-state index is -0.253. The summed E-state index contributed by atoms with van der Waals surface area (Å²) in [5, 5.41) is 4.46. The van der Waals surface area contributed by atoms with Gasteiger partial charge in [0.2, 0.25) is 5.91 Å². The molecule has 0 aliphatic rings. The van der Waals surface area contributed by atoms with E-state index in [4.69, 9.17) is 0 Å². The van der Waals surface area contributed by atoms with Crippen molar-refractivity contribution < 1.29 is 9.59 Å². The van der Waals surface area contributed by atoms with E-state index < -0.39 is 0 Å². The number of rotatable bonds is 8. The molecule has 0 aromatic heterocycles. The van der Waals surface area contributed by atoms with E-state index in [2.05, 4.69) is 10.7 Å². The summed E-state index contributed by atoms with van der Waals surface area (Å²) in [6.07, 6.45) is 0.748. The highest BCUT2D eigenvalue weighted by Gasteiger charge is 2.14. The summed E-state index contributed by atoms with van der Waals surface area (Å²) in [4.78, 5) is 24.1. The Bertz CT molecular complexity index is 674. The summed E-state index contributed by atoms with van der Waals surface area (Å²) in [5.41, 5.74) is 4.84. The zero-order chi connectivity index (χ0) is 18.1. The van der Waals surface area contributed by atoms with Gasteiger partial charge in [0, 0.05) is 5.92 Å². The van der Waals surface area contributed by atoms with Crippen molar-refractivity contribution in [3.63, 3.8) is 0 Å². The average molecular weight is 339 g/mol. The third-order valence-electron chi connectivity index (χ3n) is 3.99. The number of nitrogens with one attached hydrogen (secondary N) is 2.